The summed E-state index contributed by atoms with van der Waals surface area (Å²) >= 11 is 0. The van der Waals surface area contributed by atoms with Crippen molar-refractivity contribution in [1.82, 2.24) is 10.5 Å². The molecule has 0 spiro atoms. The zero-order chi connectivity index (χ0) is 28.1. The quantitative estimate of drug-likeness (QED) is 0.246. The molecule has 11 heteroatoms. The fourth-order valence-electron chi connectivity index (χ4n) is 5.60. The fraction of sp³-hybridized carbons (Fsp3) is 0.207. The number of carbonyl (C=O) groups is 4. The second-order valence-corrected chi connectivity index (χ2v) is 9.86. The molecule has 3 aromatic carbocycles. The van der Waals surface area contributed by atoms with E-state index in [1.807, 2.05) is 4.90 Å². The number of nitrogens with zero attached hydrogens (tertiary/aromatic N) is 2. The molecule has 4 N–H and O–H groups in total. The molecule has 40 heavy (non-hydrogen) atoms. The Bertz CT molecular complexity index is 1710. The van der Waals surface area contributed by atoms with Gasteiger partial charge < -0.3 is 30.3 Å². The lowest BCUT2D eigenvalue weighted by atomic mass is 9.86. The summed E-state index contributed by atoms with van der Waals surface area (Å²) in [4.78, 5) is 51.8. The van der Waals surface area contributed by atoms with Crippen LogP contribution in [0, 0.1) is 5.92 Å². The van der Waals surface area contributed by atoms with Gasteiger partial charge in [0.2, 0.25) is 5.91 Å². The largest absolute Gasteiger partial charge is 0.478 e. The standard InChI is InChI=1S/C29H24N4O7/c1-30-27(35)14-5-4-8-33(13-14)21-12-20(31-17-10-15(28(36)37)9-16(11-17)29(38)39)22-23-24(21)32-40-26(23)19-7-3-2-6-18(19)25(22)34/h2-3,6-7,9-12,14,31H,4-5,8,13H2,1H3,(H,30,35)(H,36,37)(H,38,39)/t14-/m0/s1. The SMILES string of the molecule is CNC(=O)[C@H]1CCCN(c2cc(Nc3cc(C(=O)O)cc(C(=O)O)c3)c3c4c(onc24)-c2ccccc2C3=O)C1. The predicted molar refractivity (Wildman–Crippen MR) is 146 cm³/mol. The Morgan fingerprint density at radius 2 is 1.73 bits per heavy atom. The molecule has 0 saturated carbocycles. The molecule has 11 nitrogen and oxygen atoms in total. The maximum Gasteiger partial charge on any atom is 0.335 e. The van der Waals surface area contributed by atoms with Gasteiger partial charge in [-0.3, -0.25) is 9.59 Å². The number of hydrogen-bond donors (Lipinski definition) is 4. The van der Waals surface area contributed by atoms with E-state index in [1.165, 1.54) is 12.1 Å². The number of anilines is 3. The molecule has 0 bridgehead atoms. The Kier molecular flexibility index (Phi) is 5.98. The van der Waals surface area contributed by atoms with Gasteiger partial charge in [-0.25, -0.2) is 9.59 Å². The van der Waals surface area contributed by atoms with Crippen LogP contribution >= 0.6 is 0 Å². The molecule has 1 fully saturated rings. The number of ketones is 1. The molecule has 2 heterocycles. The van der Waals surface area contributed by atoms with E-state index in [9.17, 15) is 29.4 Å². The lowest BCUT2D eigenvalue weighted by Crippen LogP contribution is -2.42. The highest BCUT2D eigenvalue weighted by atomic mass is 16.5. The van der Waals surface area contributed by atoms with Crippen LogP contribution in [0.2, 0.25) is 0 Å². The number of rotatable bonds is 6. The maximum atomic E-state index is 13.9. The molecule has 1 atom stereocenters. The molecule has 2 aliphatic rings. The first-order chi connectivity index (χ1) is 19.3. The minimum Gasteiger partial charge on any atom is -0.478 e. The Morgan fingerprint density at radius 1 is 1.02 bits per heavy atom. The topological polar surface area (TPSA) is 162 Å². The second-order valence-electron chi connectivity index (χ2n) is 9.86. The number of amides is 1. The third-order valence-corrected chi connectivity index (χ3v) is 7.46. The van der Waals surface area contributed by atoms with Gasteiger partial charge in [0, 0.05) is 37.0 Å². The fourth-order valence-corrected chi connectivity index (χ4v) is 5.60. The van der Waals surface area contributed by atoms with Gasteiger partial charge in [-0.1, -0.05) is 29.4 Å². The van der Waals surface area contributed by atoms with Gasteiger partial charge in [0.1, 0.15) is 5.52 Å². The summed E-state index contributed by atoms with van der Waals surface area (Å²) in [5.41, 5.74) is 2.52. The lowest BCUT2D eigenvalue weighted by molar-refractivity contribution is -0.124. The Morgan fingerprint density at radius 3 is 2.40 bits per heavy atom. The molecule has 4 aromatic rings. The molecule has 1 amide bonds. The molecule has 1 aliphatic carbocycles. The molecule has 1 aliphatic heterocycles. The highest BCUT2D eigenvalue weighted by Gasteiger charge is 2.35. The van der Waals surface area contributed by atoms with Crippen molar-refractivity contribution in [3.05, 3.63) is 70.8 Å². The van der Waals surface area contributed by atoms with Crippen LogP contribution in [-0.2, 0) is 4.79 Å². The van der Waals surface area contributed by atoms with E-state index in [-0.39, 0.29) is 40.0 Å². The third kappa shape index (κ3) is 4.03. The van der Waals surface area contributed by atoms with Gasteiger partial charge in [-0.2, -0.15) is 0 Å². The Balaban J connectivity index is 1.56. The van der Waals surface area contributed by atoms with Crippen molar-refractivity contribution in [2.75, 3.05) is 30.4 Å². The minimum atomic E-state index is -1.29. The van der Waals surface area contributed by atoms with Crippen LogP contribution in [0.25, 0.3) is 22.2 Å². The first-order valence-electron chi connectivity index (χ1n) is 12.7. The molecule has 0 radical (unpaired) electrons. The summed E-state index contributed by atoms with van der Waals surface area (Å²) < 4.78 is 5.81. The van der Waals surface area contributed by atoms with E-state index >= 15 is 0 Å². The number of benzene rings is 3. The summed E-state index contributed by atoms with van der Waals surface area (Å²) in [7, 11) is 1.60. The number of nitrogens with one attached hydrogen (secondary N) is 2. The van der Waals surface area contributed by atoms with E-state index in [0.717, 1.165) is 18.9 Å². The van der Waals surface area contributed by atoms with Crippen molar-refractivity contribution in [2.45, 2.75) is 12.8 Å². The summed E-state index contributed by atoms with van der Waals surface area (Å²) in [6, 6.07) is 12.5. The Labute approximate surface area is 227 Å². The number of carboxylic acids is 2. The molecule has 6 rings (SSSR count). The molecule has 0 unspecified atom stereocenters. The van der Waals surface area contributed by atoms with Crippen LogP contribution in [-0.4, -0.2) is 59.1 Å². The molecular weight excluding hydrogens is 516 g/mol. The van der Waals surface area contributed by atoms with E-state index in [0.29, 0.717) is 52.3 Å². The van der Waals surface area contributed by atoms with Crippen LogP contribution in [0.4, 0.5) is 17.1 Å². The van der Waals surface area contributed by atoms with Crippen molar-refractivity contribution in [1.29, 1.82) is 0 Å². The van der Waals surface area contributed by atoms with Crippen LogP contribution in [0.15, 0.2) is 53.1 Å². The number of carboxylic acid groups (broad SMARTS) is 2. The zero-order valence-electron chi connectivity index (χ0n) is 21.4. The minimum absolute atomic E-state index is 0.0614. The van der Waals surface area contributed by atoms with Crippen molar-refractivity contribution in [2.24, 2.45) is 5.92 Å². The summed E-state index contributed by atoms with van der Waals surface area (Å²) in [6.45, 7) is 1.07. The Hall–Kier alpha value is -5.19. The molecular formula is C29H24N4O7. The smallest absolute Gasteiger partial charge is 0.335 e. The summed E-state index contributed by atoms with van der Waals surface area (Å²) in [5, 5.41) is 29.8. The lowest BCUT2D eigenvalue weighted by Gasteiger charge is -2.34. The number of aromatic carboxylic acids is 2. The van der Waals surface area contributed by atoms with E-state index in [4.69, 9.17) is 4.52 Å². The second kappa shape index (κ2) is 9.53. The van der Waals surface area contributed by atoms with Gasteiger partial charge in [-0.05, 0) is 37.1 Å². The molecule has 1 saturated heterocycles. The van der Waals surface area contributed by atoms with Crippen LogP contribution in [0.3, 0.4) is 0 Å². The van der Waals surface area contributed by atoms with E-state index in [1.54, 1.807) is 37.4 Å². The predicted octanol–water partition coefficient (Wildman–Crippen LogP) is 4.14. The number of hydrogen-bond acceptors (Lipinski definition) is 8. The number of fused-ring (bicyclic) bond motifs is 2. The van der Waals surface area contributed by atoms with Crippen LogP contribution in [0.1, 0.15) is 49.5 Å². The van der Waals surface area contributed by atoms with Crippen molar-refractivity contribution >= 4 is 51.6 Å². The average Bonchev–Trinajstić information content (AvgIpc) is 3.41. The van der Waals surface area contributed by atoms with Gasteiger partial charge >= 0.3 is 11.9 Å². The van der Waals surface area contributed by atoms with Crippen LogP contribution < -0.4 is 15.5 Å². The highest BCUT2D eigenvalue weighted by molar-refractivity contribution is 6.29. The number of aromatic nitrogens is 1. The molecule has 202 valence electrons. The normalized spacial score (nSPS) is 16.0. The van der Waals surface area contributed by atoms with Gasteiger partial charge in [0.15, 0.2) is 11.5 Å². The van der Waals surface area contributed by atoms with Crippen molar-refractivity contribution < 1.29 is 33.9 Å². The first kappa shape index (κ1) is 25.1. The van der Waals surface area contributed by atoms with E-state index in [2.05, 4.69) is 15.8 Å². The monoisotopic (exact) mass is 540 g/mol. The zero-order valence-corrected chi connectivity index (χ0v) is 21.4. The van der Waals surface area contributed by atoms with E-state index < -0.39 is 11.9 Å². The van der Waals surface area contributed by atoms with Gasteiger partial charge in [-0.15, -0.1) is 0 Å². The van der Waals surface area contributed by atoms with Crippen LogP contribution in [0.5, 0.6) is 0 Å². The van der Waals surface area contributed by atoms with Crippen molar-refractivity contribution in [3.8, 4) is 11.3 Å². The van der Waals surface area contributed by atoms with Gasteiger partial charge in [0.25, 0.3) is 0 Å². The highest BCUT2D eigenvalue weighted by Crippen LogP contribution is 2.46. The number of piperidine rings is 1. The maximum absolute atomic E-state index is 13.9. The summed E-state index contributed by atoms with van der Waals surface area (Å²) in [6.07, 6.45) is 1.50. The average molecular weight is 541 g/mol. The third-order valence-electron chi connectivity index (χ3n) is 7.46. The van der Waals surface area contributed by atoms with Crippen molar-refractivity contribution in [3.63, 3.8) is 0 Å². The molecule has 1 aromatic heterocycles. The first-order valence-corrected chi connectivity index (χ1v) is 12.7. The van der Waals surface area contributed by atoms with Gasteiger partial charge in [0.05, 0.1) is 39.4 Å². The summed E-state index contributed by atoms with van der Waals surface area (Å²) in [5.74, 6) is -2.73. The number of carbonyl (C=O) groups excluding carboxylic acids is 2.